The van der Waals surface area contributed by atoms with Crippen LogP contribution in [-0.2, 0) is 38.1 Å². The van der Waals surface area contributed by atoms with Gasteiger partial charge in [-0.05, 0) is 38.1 Å². The topological polar surface area (TPSA) is 125 Å². The van der Waals surface area contributed by atoms with Crippen molar-refractivity contribution in [2.75, 3.05) is 6.61 Å². The Bertz CT molecular complexity index is 1050. The largest absolute Gasteiger partial charge is 0.387 e. The smallest absolute Gasteiger partial charge is 0.297 e. The number of fused-ring (bicyclic) bond motifs is 2. The van der Waals surface area contributed by atoms with Crippen LogP contribution >= 0.6 is 0 Å². The van der Waals surface area contributed by atoms with Gasteiger partial charge in [0, 0.05) is 0 Å². The zero-order valence-corrected chi connectivity index (χ0v) is 18.4. The summed E-state index contributed by atoms with van der Waals surface area (Å²) in [5.41, 5.74) is 1.72. The molecule has 1 N–H and O–H groups in total. The maximum absolute atomic E-state index is 12.7. The highest BCUT2D eigenvalue weighted by molar-refractivity contribution is 7.87. The SMILES string of the molecule is Cc1ccc(S(=O)(=O)OC2C(O)[C@H](OS(=O)(=O)c3ccc(C)cc3)C3CO[C@H]2O3)cc1. The van der Waals surface area contributed by atoms with Gasteiger partial charge in [0.2, 0.25) is 0 Å². The normalized spacial score (nSPS) is 28.5. The fourth-order valence-corrected chi connectivity index (χ4v) is 5.58. The first kappa shape index (κ1) is 22.3. The molecule has 3 unspecified atom stereocenters. The minimum Gasteiger partial charge on any atom is -0.387 e. The van der Waals surface area contributed by atoms with Crippen LogP contribution in [0.4, 0.5) is 0 Å². The third-order valence-electron chi connectivity index (χ3n) is 5.14. The molecule has 2 aromatic rings. The van der Waals surface area contributed by atoms with Gasteiger partial charge in [-0.2, -0.15) is 16.8 Å². The average molecular weight is 471 g/mol. The minimum atomic E-state index is -4.28. The van der Waals surface area contributed by atoms with Gasteiger partial charge >= 0.3 is 0 Å². The number of aliphatic hydroxyl groups is 1. The van der Waals surface area contributed by atoms with Gasteiger partial charge in [-0.15, -0.1) is 0 Å². The van der Waals surface area contributed by atoms with E-state index in [1.54, 1.807) is 31.2 Å². The lowest BCUT2D eigenvalue weighted by Gasteiger charge is -2.36. The summed E-state index contributed by atoms with van der Waals surface area (Å²) in [6.45, 7) is 3.53. The number of aryl methyl sites for hydroxylation is 2. The third kappa shape index (κ3) is 4.53. The summed E-state index contributed by atoms with van der Waals surface area (Å²) >= 11 is 0. The highest BCUT2D eigenvalue weighted by Gasteiger charge is 2.54. The fourth-order valence-electron chi connectivity index (χ4n) is 3.39. The molecule has 2 fully saturated rings. The summed E-state index contributed by atoms with van der Waals surface area (Å²) in [4.78, 5) is -0.216. The predicted molar refractivity (Wildman–Crippen MR) is 107 cm³/mol. The Morgan fingerprint density at radius 2 is 1.26 bits per heavy atom. The zero-order valence-electron chi connectivity index (χ0n) is 16.7. The van der Waals surface area contributed by atoms with Gasteiger partial charge in [-0.1, -0.05) is 35.4 Å². The van der Waals surface area contributed by atoms with Crippen molar-refractivity contribution in [1.29, 1.82) is 0 Å². The molecule has 5 atom stereocenters. The second-order valence-electron chi connectivity index (χ2n) is 7.52. The Kier molecular flexibility index (Phi) is 5.94. The molecule has 2 aliphatic rings. The molecular formula is C20H22O9S2. The summed E-state index contributed by atoms with van der Waals surface area (Å²) < 4.78 is 72.1. The molecule has 11 heteroatoms. The van der Waals surface area contributed by atoms with Gasteiger partial charge < -0.3 is 14.6 Å². The Hall–Kier alpha value is -1.86. The fraction of sp³-hybridized carbons (Fsp3) is 0.400. The highest BCUT2D eigenvalue weighted by Crippen LogP contribution is 2.35. The first-order chi connectivity index (χ1) is 14.6. The van der Waals surface area contributed by atoms with Crippen LogP contribution in [0, 0.1) is 13.8 Å². The van der Waals surface area contributed by atoms with Crippen LogP contribution in [-0.4, -0.2) is 59.3 Å². The lowest BCUT2D eigenvalue weighted by atomic mass is 10.0. The highest BCUT2D eigenvalue weighted by atomic mass is 32.2. The van der Waals surface area contributed by atoms with Crippen molar-refractivity contribution >= 4 is 20.2 Å². The van der Waals surface area contributed by atoms with Crippen LogP contribution in [0.15, 0.2) is 58.3 Å². The van der Waals surface area contributed by atoms with Crippen molar-refractivity contribution in [1.82, 2.24) is 0 Å². The van der Waals surface area contributed by atoms with Gasteiger partial charge in [-0.25, -0.2) is 0 Å². The summed E-state index contributed by atoms with van der Waals surface area (Å²) in [5, 5.41) is 10.8. The number of rotatable bonds is 6. The second kappa shape index (κ2) is 8.24. The molecule has 4 rings (SSSR count). The molecule has 2 heterocycles. The van der Waals surface area contributed by atoms with Gasteiger partial charge in [0.15, 0.2) is 12.4 Å². The molecule has 0 amide bonds. The quantitative estimate of drug-likeness (QED) is 0.621. The van der Waals surface area contributed by atoms with Crippen molar-refractivity contribution in [2.24, 2.45) is 0 Å². The number of ether oxygens (including phenoxy) is 2. The molecule has 0 aliphatic carbocycles. The average Bonchev–Trinajstić information content (AvgIpc) is 3.16. The lowest BCUT2D eigenvalue weighted by Crippen LogP contribution is -2.56. The van der Waals surface area contributed by atoms with E-state index in [9.17, 15) is 21.9 Å². The van der Waals surface area contributed by atoms with Crippen molar-refractivity contribution in [2.45, 2.75) is 54.3 Å². The van der Waals surface area contributed by atoms with Crippen LogP contribution in [0.5, 0.6) is 0 Å². The van der Waals surface area contributed by atoms with Gasteiger partial charge in [0.1, 0.15) is 18.3 Å². The summed E-state index contributed by atoms with van der Waals surface area (Å²) in [5.74, 6) is 0. The molecular weight excluding hydrogens is 448 g/mol. The molecule has 168 valence electrons. The first-order valence-electron chi connectivity index (χ1n) is 9.52. The Labute approximate surface area is 180 Å². The Morgan fingerprint density at radius 1 is 0.806 bits per heavy atom. The number of hydrogen-bond acceptors (Lipinski definition) is 9. The molecule has 2 bridgehead atoms. The van der Waals surface area contributed by atoms with Crippen molar-refractivity contribution < 1.29 is 39.8 Å². The molecule has 2 aromatic carbocycles. The van der Waals surface area contributed by atoms with Crippen LogP contribution < -0.4 is 0 Å². The van der Waals surface area contributed by atoms with Gasteiger partial charge in [-0.3, -0.25) is 8.37 Å². The van der Waals surface area contributed by atoms with E-state index < -0.39 is 50.9 Å². The van der Waals surface area contributed by atoms with Gasteiger partial charge in [0.25, 0.3) is 20.2 Å². The molecule has 0 aromatic heterocycles. The van der Waals surface area contributed by atoms with E-state index in [2.05, 4.69) is 0 Å². The summed E-state index contributed by atoms with van der Waals surface area (Å²) in [7, 11) is -8.54. The monoisotopic (exact) mass is 470 g/mol. The van der Waals surface area contributed by atoms with E-state index in [0.29, 0.717) is 0 Å². The van der Waals surface area contributed by atoms with Crippen LogP contribution in [0.1, 0.15) is 11.1 Å². The number of benzene rings is 2. The predicted octanol–water partition coefficient (Wildman–Crippen LogP) is 1.27. The summed E-state index contributed by atoms with van der Waals surface area (Å²) in [6.07, 6.45) is -6.64. The Morgan fingerprint density at radius 3 is 1.74 bits per heavy atom. The molecule has 9 nitrogen and oxygen atoms in total. The molecule has 2 saturated heterocycles. The van der Waals surface area contributed by atoms with Crippen LogP contribution in [0.3, 0.4) is 0 Å². The van der Waals surface area contributed by atoms with Crippen molar-refractivity contribution in [3.05, 3.63) is 59.7 Å². The maximum atomic E-state index is 12.7. The number of aliphatic hydroxyl groups excluding tert-OH is 1. The van der Waals surface area contributed by atoms with Crippen molar-refractivity contribution in [3.8, 4) is 0 Å². The minimum absolute atomic E-state index is 0.0831. The third-order valence-corrected chi connectivity index (χ3v) is 7.79. The molecule has 0 radical (unpaired) electrons. The van der Waals surface area contributed by atoms with Crippen LogP contribution in [0.25, 0.3) is 0 Å². The second-order valence-corrected chi connectivity index (χ2v) is 10.7. The van der Waals surface area contributed by atoms with E-state index in [1.807, 2.05) is 6.92 Å². The Balaban J connectivity index is 1.57. The zero-order chi connectivity index (χ0) is 22.4. The van der Waals surface area contributed by atoms with E-state index >= 15 is 0 Å². The van der Waals surface area contributed by atoms with E-state index in [-0.39, 0.29) is 16.4 Å². The molecule has 2 aliphatic heterocycles. The lowest BCUT2D eigenvalue weighted by molar-refractivity contribution is -0.213. The molecule has 0 saturated carbocycles. The standard InChI is InChI=1S/C20H22O9S2/c1-12-3-7-14(8-4-12)30(22,23)28-18-16-11-26-20(27-16)19(17(18)21)29-31(24,25)15-9-5-13(2)6-10-15/h3-10,16-21H,11H2,1-2H3/t16?,17?,18-,19?,20+/m1/s1. The van der Waals surface area contributed by atoms with Gasteiger partial charge in [0.05, 0.1) is 16.4 Å². The van der Waals surface area contributed by atoms with E-state index in [1.165, 1.54) is 24.3 Å². The maximum Gasteiger partial charge on any atom is 0.297 e. The number of hydrogen-bond donors (Lipinski definition) is 1. The summed E-state index contributed by atoms with van der Waals surface area (Å²) in [6, 6.07) is 11.9. The van der Waals surface area contributed by atoms with Crippen LogP contribution in [0.2, 0.25) is 0 Å². The first-order valence-corrected chi connectivity index (χ1v) is 12.3. The molecule has 31 heavy (non-hydrogen) atoms. The van der Waals surface area contributed by atoms with E-state index in [0.717, 1.165) is 11.1 Å². The molecule has 0 spiro atoms. The van der Waals surface area contributed by atoms with E-state index in [4.69, 9.17) is 17.8 Å². The van der Waals surface area contributed by atoms with Crippen molar-refractivity contribution in [3.63, 3.8) is 0 Å².